The number of aliphatic hydroxyl groups excluding tert-OH is 1. The number of ether oxygens (including phenoxy) is 3. The molecule has 1 saturated heterocycles. The molecule has 4 rings (SSSR count). The number of aliphatic hydroxyl groups is 1. The first-order valence-electron chi connectivity index (χ1n) is 12.2. The number of allylic oxidation sites excluding steroid dienone is 2. The van der Waals surface area contributed by atoms with Gasteiger partial charge in [0.05, 0.1) is 5.76 Å². The van der Waals surface area contributed by atoms with Gasteiger partial charge < -0.3 is 29.5 Å². The van der Waals surface area contributed by atoms with Gasteiger partial charge in [-0.2, -0.15) is 0 Å². The summed E-state index contributed by atoms with van der Waals surface area (Å²) >= 11 is 0. The van der Waals surface area contributed by atoms with Crippen LogP contribution in [0.3, 0.4) is 0 Å². The number of hydrogen-bond donors (Lipinski definition) is 2. The second kappa shape index (κ2) is 11.9. The Morgan fingerprint density at radius 2 is 1.86 bits per heavy atom. The standard InChI is InChI=1S/C29H34N2O5/c1-31-18-14-24(15-19-31)36-27-12-6-5-11-26(27)35-21-22-8-3-4-10-25(22)30-28(33)13-17-29(34-2)16-7-9-23(32)20-29/h3-13,16-17,24,32H,14-15,18-21H2,1-2H3,(H,30,33)/b17-13+. The van der Waals surface area contributed by atoms with Crippen molar-refractivity contribution in [2.45, 2.75) is 37.6 Å². The van der Waals surface area contributed by atoms with Gasteiger partial charge in [-0.3, -0.25) is 4.79 Å². The average molecular weight is 491 g/mol. The van der Waals surface area contributed by atoms with E-state index in [0.717, 1.165) is 37.2 Å². The molecule has 1 atom stereocenters. The molecule has 1 aliphatic heterocycles. The van der Waals surface area contributed by atoms with E-state index in [1.165, 1.54) is 6.08 Å². The molecule has 2 N–H and O–H groups in total. The molecule has 0 bridgehead atoms. The highest BCUT2D eigenvalue weighted by Gasteiger charge is 2.27. The van der Waals surface area contributed by atoms with Crippen molar-refractivity contribution in [2.75, 3.05) is 32.6 Å². The summed E-state index contributed by atoms with van der Waals surface area (Å²) in [6, 6.07) is 15.2. The van der Waals surface area contributed by atoms with Crippen molar-refractivity contribution in [3.05, 3.63) is 90.2 Å². The third-order valence-corrected chi connectivity index (χ3v) is 6.49. The van der Waals surface area contributed by atoms with E-state index in [4.69, 9.17) is 14.2 Å². The van der Waals surface area contributed by atoms with Crippen molar-refractivity contribution < 1.29 is 24.1 Å². The zero-order chi connectivity index (χ0) is 25.4. The van der Waals surface area contributed by atoms with Crippen molar-refractivity contribution >= 4 is 11.6 Å². The number of amides is 1. The molecular formula is C29H34N2O5. The van der Waals surface area contributed by atoms with Crippen LogP contribution < -0.4 is 14.8 Å². The van der Waals surface area contributed by atoms with Crippen LogP contribution in [0.15, 0.2) is 84.7 Å². The molecule has 1 unspecified atom stereocenters. The minimum Gasteiger partial charge on any atom is -0.512 e. The van der Waals surface area contributed by atoms with Gasteiger partial charge in [-0.05, 0) is 56.3 Å². The second-order valence-corrected chi connectivity index (χ2v) is 9.19. The number of methoxy groups -OCH3 is 1. The zero-order valence-electron chi connectivity index (χ0n) is 20.9. The summed E-state index contributed by atoms with van der Waals surface area (Å²) < 4.78 is 17.9. The lowest BCUT2D eigenvalue weighted by Gasteiger charge is -2.29. The second-order valence-electron chi connectivity index (χ2n) is 9.19. The topological polar surface area (TPSA) is 80.3 Å². The van der Waals surface area contributed by atoms with E-state index in [1.54, 1.807) is 25.3 Å². The van der Waals surface area contributed by atoms with Gasteiger partial charge in [0.15, 0.2) is 11.5 Å². The Kier molecular flexibility index (Phi) is 8.46. The third kappa shape index (κ3) is 6.77. The maximum Gasteiger partial charge on any atom is 0.248 e. The van der Waals surface area contributed by atoms with Crippen LogP contribution in [0.1, 0.15) is 24.8 Å². The molecule has 1 fully saturated rings. The molecule has 7 nitrogen and oxygen atoms in total. The fourth-order valence-electron chi connectivity index (χ4n) is 4.31. The highest BCUT2D eigenvalue weighted by atomic mass is 16.5. The van der Waals surface area contributed by atoms with Crippen LogP contribution in [0.5, 0.6) is 11.5 Å². The van der Waals surface area contributed by atoms with Crippen molar-refractivity contribution in [1.82, 2.24) is 4.90 Å². The molecule has 2 aliphatic rings. The molecule has 7 heteroatoms. The van der Waals surface area contributed by atoms with E-state index in [1.807, 2.05) is 54.6 Å². The lowest BCUT2D eigenvalue weighted by Crippen LogP contribution is -2.35. The number of para-hydroxylation sites is 3. The molecule has 1 amide bonds. The van der Waals surface area contributed by atoms with Crippen LogP contribution in [-0.2, 0) is 16.1 Å². The molecule has 0 aromatic heterocycles. The van der Waals surface area contributed by atoms with E-state index in [2.05, 4.69) is 17.3 Å². The molecule has 1 heterocycles. The fourth-order valence-corrected chi connectivity index (χ4v) is 4.31. The Labute approximate surface area is 212 Å². The molecule has 2 aromatic carbocycles. The highest BCUT2D eigenvalue weighted by molar-refractivity contribution is 5.99. The minimum absolute atomic E-state index is 0.177. The Morgan fingerprint density at radius 3 is 2.61 bits per heavy atom. The molecule has 0 spiro atoms. The maximum absolute atomic E-state index is 12.7. The Morgan fingerprint density at radius 1 is 1.14 bits per heavy atom. The van der Waals surface area contributed by atoms with Crippen LogP contribution in [0, 0.1) is 0 Å². The van der Waals surface area contributed by atoms with Crippen molar-refractivity contribution in [2.24, 2.45) is 0 Å². The van der Waals surface area contributed by atoms with Gasteiger partial charge in [-0.1, -0.05) is 36.4 Å². The number of nitrogens with one attached hydrogen (secondary N) is 1. The monoisotopic (exact) mass is 490 g/mol. The lowest BCUT2D eigenvalue weighted by molar-refractivity contribution is -0.112. The van der Waals surface area contributed by atoms with Crippen LogP contribution in [-0.4, -0.2) is 54.9 Å². The maximum atomic E-state index is 12.7. The van der Waals surface area contributed by atoms with Crippen LogP contribution in [0.2, 0.25) is 0 Å². The normalized spacial score (nSPS) is 20.8. The number of piperidine rings is 1. The minimum atomic E-state index is -0.851. The summed E-state index contributed by atoms with van der Waals surface area (Å²) in [6.45, 7) is 2.32. The van der Waals surface area contributed by atoms with Gasteiger partial charge in [0.25, 0.3) is 0 Å². The number of benzene rings is 2. The van der Waals surface area contributed by atoms with E-state index in [-0.39, 0.29) is 30.8 Å². The summed E-state index contributed by atoms with van der Waals surface area (Å²) in [6.07, 6.45) is 10.6. The first-order valence-corrected chi connectivity index (χ1v) is 12.2. The Hall–Kier alpha value is -3.55. The smallest absolute Gasteiger partial charge is 0.248 e. The zero-order valence-corrected chi connectivity index (χ0v) is 20.9. The molecular weight excluding hydrogens is 456 g/mol. The highest BCUT2D eigenvalue weighted by Crippen LogP contribution is 2.31. The molecule has 0 radical (unpaired) electrons. The van der Waals surface area contributed by atoms with Gasteiger partial charge in [0.2, 0.25) is 5.91 Å². The van der Waals surface area contributed by atoms with E-state index in [9.17, 15) is 9.90 Å². The quantitative estimate of drug-likeness (QED) is 0.481. The molecule has 1 aliphatic carbocycles. The van der Waals surface area contributed by atoms with Crippen molar-refractivity contribution in [1.29, 1.82) is 0 Å². The molecule has 0 saturated carbocycles. The van der Waals surface area contributed by atoms with E-state index in [0.29, 0.717) is 11.4 Å². The summed E-state index contributed by atoms with van der Waals surface area (Å²) in [5.41, 5.74) is 0.651. The van der Waals surface area contributed by atoms with Crippen molar-refractivity contribution in [3.63, 3.8) is 0 Å². The number of likely N-dealkylation sites (tertiary alicyclic amines) is 1. The number of anilines is 1. The average Bonchev–Trinajstić information content (AvgIpc) is 2.89. The number of nitrogens with zero attached hydrogens (tertiary/aromatic N) is 1. The van der Waals surface area contributed by atoms with Crippen LogP contribution >= 0.6 is 0 Å². The Balaban J connectivity index is 1.39. The van der Waals surface area contributed by atoms with E-state index >= 15 is 0 Å². The van der Waals surface area contributed by atoms with Crippen molar-refractivity contribution in [3.8, 4) is 11.5 Å². The van der Waals surface area contributed by atoms with Crippen LogP contribution in [0.25, 0.3) is 0 Å². The summed E-state index contributed by atoms with van der Waals surface area (Å²) in [4.78, 5) is 15.0. The molecule has 190 valence electrons. The number of rotatable bonds is 9. The molecule has 36 heavy (non-hydrogen) atoms. The largest absolute Gasteiger partial charge is 0.512 e. The fraction of sp³-hybridized carbons (Fsp3) is 0.345. The SMILES string of the molecule is COC1(/C=C/C(=O)Nc2ccccc2COc2ccccc2OC2CCN(C)CC2)C=CC=C(O)C1. The van der Waals surface area contributed by atoms with Gasteiger partial charge in [0, 0.05) is 43.9 Å². The third-order valence-electron chi connectivity index (χ3n) is 6.49. The molecule has 2 aromatic rings. The first kappa shape index (κ1) is 25.5. The summed E-state index contributed by atoms with van der Waals surface area (Å²) in [5.74, 6) is 1.31. The number of carbonyl (C=O) groups is 1. The van der Waals surface area contributed by atoms with Gasteiger partial charge in [0.1, 0.15) is 18.3 Å². The van der Waals surface area contributed by atoms with Gasteiger partial charge in [-0.15, -0.1) is 0 Å². The van der Waals surface area contributed by atoms with Gasteiger partial charge >= 0.3 is 0 Å². The first-order chi connectivity index (χ1) is 17.5. The predicted octanol–water partition coefficient (Wildman–Crippen LogP) is 5.02. The summed E-state index contributed by atoms with van der Waals surface area (Å²) in [7, 11) is 3.68. The Bertz CT molecular complexity index is 1130. The lowest BCUT2D eigenvalue weighted by atomic mass is 9.93. The number of hydrogen-bond acceptors (Lipinski definition) is 6. The van der Waals surface area contributed by atoms with Gasteiger partial charge in [-0.25, -0.2) is 0 Å². The predicted molar refractivity (Wildman–Crippen MR) is 140 cm³/mol. The van der Waals surface area contributed by atoms with Crippen LogP contribution in [0.4, 0.5) is 5.69 Å². The summed E-state index contributed by atoms with van der Waals surface area (Å²) in [5, 5.41) is 12.8. The van der Waals surface area contributed by atoms with E-state index < -0.39 is 5.60 Å². The number of carbonyl (C=O) groups excluding carboxylic acids is 1.